The second-order valence-corrected chi connectivity index (χ2v) is 8.23. The molecule has 0 aliphatic heterocycles. The summed E-state index contributed by atoms with van der Waals surface area (Å²) in [5.74, 6) is 0.162. The van der Waals surface area contributed by atoms with E-state index in [1.807, 2.05) is 0 Å². The SMILES string of the molecule is CCCCCCCCCCCCS(=O)(=O)c1cccnc1Cl. The molecule has 0 saturated carbocycles. The van der Waals surface area contributed by atoms with Crippen molar-refractivity contribution in [3.63, 3.8) is 0 Å². The van der Waals surface area contributed by atoms with Gasteiger partial charge in [-0.05, 0) is 18.6 Å². The molecule has 0 atom stereocenters. The summed E-state index contributed by atoms with van der Waals surface area (Å²) < 4.78 is 24.3. The lowest BCUT2D eigenvalue weighted by atomic mass is 10.1. The van der Waals surface area contributed by atoms with Crippen LogP contribution in [0.2, 0.25) is 5.15 Å². The van der Waals surface area contributed by atoms with E-state index in [-0.39, 0.29) is 15.8 Å². The van der Waals surface area contributed by atoms with Crippen molar-refractivity contribution in [2.45, 2.75) is 76.0 Å². The number of aromatic nitrogens is 1. The second-order valence-electron chi connectivity index (χ2n) is 5.79. The minimum Gasteiger partial charge on any atom is -0.243 e. The van der Waals surface area contributed by atoms with Crippen molar-refractivity contribution in [1.29, 1.82) is 0 Å². The number of hydrogen-bond donors (Lipinski definition) is 0. The van der Waals surface area contributed by atoms with Gasteiger partial charge >= 0.3 is 0 Å². The molecule has 1 aromatic heterocycles. The standard InChI is InChI=1S/C17H28ClNO2S/c1-2-3-4-5-6-7-8-9-10-11-15-22(20,21)16-13-12-14-19-17(16)18/h12-14H,2-11,15H2,1H3. The maximum absolute atomic E-state index is 12.2. The highest BCUT2D eigenvalue weighted by Crippen LogP contribution is 2.20. The Morgan fingerprint density at radius 2 is 1.50 bits per heavy atom. The quantitative estimate of drug-likeness (QED) is 0.375. The summed E-state index contributed by atoms with van der Waals surface area (Å²) in [6.07, 6.45) is 13.4. The molecule has 1 aromatic rings. The zero-order valence-corrected chi connectivity index (χ0v) is 15.1. The first-order valence-corrected chi connectivity index (χ1v) is 10.4. The van der Waals surface area contributed by atoms with Gasteiger partial charge in [0.1, 0.15) is 10.0 Å². The van der Waals surface area contributed by atoms with Crippen molar-refractivity contribution in [1.82, 2.24) is 4.98 Å². The highest BCUT2D eigenvalue weighted by Gasteiger charge is 2.17. The lowest BCUT2D eigenvalue weighted by molar-refractivity contribution is 0.558. The van der Waals surface area contributed by atoms with E-state index >= 15 is 0 Å². The Labute approximate surface area is 140 Å². The van der Waals surface area contributed by atoms with Crippen LogP contribution in [0.15, 0.2) is 23.2 Å². The molecule has 1 heterocycles. The number of hydrogen-bond acceptors (Lipinski definition) is 3. The van der Waals surface area contributed by atoms with Gasteiger partial charge in [0.25, 0.3) is 0 Å². The highest BCUT2D eigenvalue weighted by molar-refractivity contribution is 7.91. The van der Waals surface area contributed by atoms with E-state index in [9.17, 15) is 8.42 Å². The van der Waals surface area contributed by atoms with Gasteiger partial charge in [-0.25, -0.2) is 13.4 Å². The third-order valence-electron chi connectivity index (χ3n) is 3.83. The van der Waals surface area contributed by atoms with E-state index in [2.05, 4.69) is 11.9 Å². The molecule has 0 aromatic carbocycles. The molecule has 1 rings (SSSR count). The van der Waals surface area contributed by atoms with Crippen LogP contribution in [0, 0.1) is 0 Å². The van der Waals surface area contributed by atoms with Crippen LogP contribution < -0.4 is 0 Å². The maximum atomic E-state index is 12.2. The fraction of sp³-hybridized carbons (Fsp3) is 0.706. The van der Waals surface area contributed by atoms with Crippen molar-refractivity contribution < 1.29 is 8.42 Å². The zero-order chi connectivity index (χ0) is 16.3. The molecule has 0 fully saturated rings. The van der Waals surface area contributed by atoms with Crippen molar-refractivity contribution >= 4 is 21.4 Å². The van der Waals surface area contributed by atoms with Crippen LogP contribution in [0.1, 0.15) is 71.1 Å². The second kappa shape index (κ2) is 11.0. The predicted octanol–water partition coefficient (Wildman–Crippen LogP) is 5.43. The molecule has 3 nitrogen and oxygen atoms in total. The summed E-state index contributed by atoms with van der Waals surface area (Å²) in [5, 5.41) is 0.0783. The Hall–Kier alpha value is -0.610. The van der Waals surface area contributed by atoms with Crippen LogP contribution in [-0.4, -0.2) is 19.2 Å². The van der Waals surface area contributed by atoms with Gasteiger partial charge < -0.3 is 0 Å². The molecule has 0 bridgehead atoms. The van der Waals surface area contributed by atoms with Gasteiger partial charge in [0, 0.05) is 6.20 Å². The molecule has 0 spiro atoms. The van der Waals surface area contributed by atoms with Gasteiger partial charge in [-0.1, -0.05) is 76.3 Å². The van der Waals surface area contributed by atoms with E-state index < -0.39 is 9.84 Å². The maximum Gasteiger partial charge on any atom is 0.181 e. The van der Waals surface area contributed by atoms with E-state index in [0.29, 0.717) is 6.42 Å². The molecule has 0 radical (unpaired) electrons. The van der Waals surface area contributed by atoms with Gasteiger partial charge in [0.05, 0.1) is 5.75 Å². The van der Waals surface area contributed by atoms with E-state index in [4.69, 9.17) is 11.6 Å². The molecular weight excluding hydrogens is 318 g/mol. The van der Waals surface area contributed by atoms with Crippen LogP contribution in [0.4, 0.5) is 0 Å². The summed E-state index contributed by atoms with van der Waals surface area (Å²) in [5.41, 5.74) is 0. The smallest absolute Gasteiger partial charge is 0.181 e. The summed E-state index contributed by atoms with van der Waals surface area (Å²) in [7, 11) is -3.29. The monoisotopic (exact) mass is 345 g/mol. The van der Waals surface area contributed by atoms with Crippen LogP contribution in [0.3, 0.4) is 0 Å². The van der Waals surface area contributed by atoms with Gasteiger partial charge in [-0.3, -0.25) is 0 Å². The molecule has 0 aliphatic carbocycles. The first kappa shape index (κ1) is 19.4. The first-order valence-electron chi connectivity index (χ1n) is 8.41. The Kier molecular flexibility index (Phi) is 9.73. The Bertz CT molecular complexity index is 517. The van der Waals surface area contributed by atoms with Gasteiger partial charge in [0.15, 0.2) is 9.84 Å². The molecule has 0 amide bonds. The van der Waals surface area contributed by atoms with Crippen molar-refractivity contribution in [2.24, 2.45) is 0 Å². The summed E-state index contributed by atoms with van der Waals surface area (Å²) in [6.45, 7) is 2.23. The largest absolute Gasteiger partial charge is 0.243 e. The summed E-state index contributed by atoms with van der Waals surface area (Å²) in [4.78, 5) is 3.99. The van der Waals surface area contributed by atoms with Crippen LogP contribution >= 0.6 is 11.6 Å². The van der Waals surface area contributed by atoms with Crippen molar-refractivity contribution in [2.75, 3.05) is 5.75 Å². The molecule has 0 unspecified atom stereocenters. The third kappa shape index (κ3) is 7.59. The first-order chi connectivity index (χ1) is 10.6. The van der Waals surface area contributed by atoms with Crippen molar-refractivity contribution in [3.05, 3.63) is 23.5 Å². The van der Waals surface area contributed by atoms with Gasteiger partial charge in [-0.2, -0.15) is 0 Å². The molecule has 126 valence electrons. The Morgan fingerprint density at radius 3 is 2.05 bits per heavy atom. The lowest BCUT2D eigenvalue weighted by Crippen LogP contribution is -2.08. The normalized spacial score (nSPS) is 11.7. The number of nitrogens with zero attached hydrogens (tertiary/aromatic N) is 1. The van der Waals surface area contributed by atoms with Gasteiger partial charge in [-0.15, -0.1) is 0 Å². The summed E-state index contributed by atoms with van der Waals surface area (Å²) in [6, 6.07) is 3.14. The fourth-order valence-corrected chi connectivity index (χ4v) is 4.36. The number of rotatable bonds is 12. The van der Waals surface area contributed by atoms with Gasteiger partial charge in [0.2, 0.25) is 0 Å². The number of sulfone groups is 1. The van der Waals surface area contributed by atoms with Crippen LogP contribution in [0.5, 0.6) is 0 Å². The number of pyridine rings is 1. The highest BCUT2D eigenvalue weighted by atomic mass is 35.5. The van der Waals surface area contributed by atoms with E-state index in [0.717, 1.165) is 12.8 Å². The predicted molar refractivity (Wildman–Crippen MR) is 93.1 cm³/mol. The average Bonchev–Trinajstić information content (AvgIpc) is 2.49. The Balaban J connectivity index is 2.13. The molecule has 5 heteroatoms. The lowest BCUT2D eigenvalue weighted by Gasteiger charge is -2.06. The number of halogens is 1. The zero-order valence-electron chi connectivity index (χ0n) is 13.6. The fourth-order valence-electron chi connectivity index (χ4n) is 2.49. The molecule has 0 aliphatic rings. The minimum atomic E-state index is -3.29. The van der Waals surface area contributed by atoms with E-state index in [1.54, 1.807) is 6.07 Å². The topological polar surface area (TPSA) is 47.0 Å². The third-order valence-corrected chi connectivity index (χ3v) is 6.07. The summed E-state index contributed by atoms with van der Waals surface area (Å²) >= 11 is 5.85. The average molecular weight is 346 g/mol. The number of unbranched alkanes of at least 4 members (excludes halogenated alkanes) is 9. The Morgan fingerprint density at radius 1 is 0.955 bits per heavy atom. The van der Waals surface area contributed by atoms with Crippen LogP contribution in [-0.2, 0) is 9.84 Å². The minimum absolute atomic E-state index is 0.0783. The van der Waals surface area contributed by atoms with Crippen LogP contribution in [0.25, 0.3) is 0 Å². The molecule has 22 heavy (non-hydrogen) atoms. The van der Waals surface area contributed by atoms with E-state index in [1.165, 1.54) is 57.2 Å². The molecule has 0 saturated heterocycles. The molecule has 0 N–H and O–H groups in total. The molecular formula is C17H28ClNO2S. The van der Waals surface area contributed by atoms with Crippen molar-refractivity contribution in [3.8, 4) is 0 Å².